The van der Waals surface area contributed by atoms with Crippen LogP contribution >= 0.6 is 11.8 Å². The van der Waals surface area contributed by atoms with Crippen molar-refractivity contribution in [3.8, 4) is 0 Å². The van der Waals surface area contributed by atoms with Crippen molar-refractivity contribution < 1.29 is 34.1 Å². The second-order valence-corrected chi connectivity index (χ2v) is 9.15. The first-order valence-corrected chi connectivity index (χ1v) is 13.4. The average Bonchev–Trinajstić information content (AvgIpc) is 2.91. The molecule has 0 unspecified atom stereocenters. The number of esters is 2. The van der Waals surface area contributed by atoms with Gasteiger partial charge in [-0.3, -0.25) is 14.4 Å². The van der Waals surface area contributed by atoms with E-state index < -0.39 is 41.9 Å². The first-order chi connectivity index (χ1) is 17.8. The lowest BCUT2D eigenvalue weighted by atomic mass is 10.1. The predicted molar refractivity (Wildman–Crippen MR) is 146 cm³/mol. The molecule has 2 aromatic rings. The quantitative estimate of drug-likeness (QED) is 0.283. The molecular formula is C27H37N3O7S. The highest BCUT2D eigenvalue weighted by atomic mass is 32.2. The third-order valence-electron chi connectivity index (χ3n) is 5.26. The summed E-state index contributed by atoms with van der Waals surface area (Å²) in [6.45, 7) is 3.72. The molecule has 0 saturated heterocycles. The number of ether oxygens (including phenoxy) is 2. The van der Waals surface area contributed by atoms with Crippen LogP contribution in [0.1, 0.15) is 43.9 Å². The Balaban J connectivity index is 0.00000722. The highest BCUT2D eigenvalue weighted by Gasteiger charge is 2.29. The van der Waals surface area contributed by atoms with Crippen molar-refractivity contribution in [2.24, 2.45) is 5.73 Å². The Morgan fingerprint density at radius 3 is 2.05 bits per heavy atom. The minimum Gasteiger partial charge on any atom is -0.465 e. The summed E-state index contributed by atoms with van der Waals surface area (Å²) in [6, 6.07) is 15.6. The van der Waals surface area contributed by atoms with Crippen LogP contribution in [0.5, 0.6) is 0 Å². The van der Waals surface area contributed by atoms with Crippen LogP contribution in [0.3, 0.4) is 0 Å². The van der Waals surface area contributed by atoms with E-state index >= 15 is 0 Å². The molecule has 0 aromatic heterocycles. The van der Waals surface area contributed by atoms with Crippen LogP contribution in [0.15, 0.2) is 60.7 Å². The predicted octanol–water partition coefficient (Wildman–Crippen LogP) is 1.67. The van der Waals surface area contributed by atoms with Crippen LogP contribution in [0.2, 0.25) is 0 Å². The van der Waals surface area contributed by atoms with E-state index in [1.807, 2.05) is 30.3 Å². The number of carbonyl (C=O) groups excluding carboxylic acids is 4. The van der Waals surface area contributed by atoms with Crippen LogP contribution in [-0.4, -0.2) is 60.3 Å². The number of benzene rings is 2. The summed E-state index contributed by atoms with van der Waals surface area (Å²) in [6.07, 6.45) is 0.0126. The molecule has 0 bridgehead atoms. The average molecular weight is 548 g/mol. The number of carbonyl (C=O) groups is 4. The summed E-state index contributed by atoms with van der Waals surface area (Å²) in [5.74, 6) is -1.24. The topological polar surface area (TPSA) is 168 Å². The normalized spacial score (nSPS) is 12.7. The van der Waals surface area contributed by atoms with E-state index in [0.29, 0.717) is 11.3 Å². The van der Waals surface area contributed by atoms with Crippen molar-refractivity contribution in [3.05, 3.63) is 71.8 Å². The summed E-state index contributed by atoms with van der Waals surface area (Å²) in [7, 11) is 0. The van der Waals surface area contributed by atoms with E-state index in [0.717, 1.165) is 5.56 Å². The van der Waals surface area contributed by atoms with Gasteiger partial charge in [0.05, 0.1) is 13.2 Å². The van der Waals surface area contributed by atoms with Gasteiger partial charge in [-0.05, 0) is 31.4 Å². The lowest BCUT2D eigenvalue weighted by molar-refractivity contribution is -0.147. The van der Waals surface area contributed by atoms with Gasteiger partial charge in [-0.25, -0.2) is 4.79 Å². The number of amides is 2. The standard InChI is InChI=1S/C27H35N3O6S.H2O/c1-3-35-26(33)21(28)15-16-23(31)29-22(18-37-17-19-11-7-5-8-12-19)25(32)30-24(27(34)36-4-2)20-13-9-6-10-14-20;/h5-14,21-22,24H,3-4,15-18,28H2,1-2H3,(H,29,31)(H,30,32);1H2/t21-,22-,24+;/m0./s1. The zero-order chi connectivity index (χ0) is 27.0. The third-order valence-corrected chi connectivity index (χ3v) is 6.37. The molecule has 0 fully saturated rings. The molecular weight excluding hydrogens is 510 g/mol. The Morgan fingerprint density at radius 1 is 0.868 bits per heavy atom. The van der Waals surface area contributed by atoms with Gasteiger partial charge in [-0.1, -0.05) is 60.7 Å². The first-order valence-electron chi connectivity index (χ1n) is 12.2. The molecule has 0 spiro atoms. The van der Waals surface area contributed by atoms with Crippen LogP contribution in [0.4, 0.5) is 0 Å². The van der Waals surface area contributed by atoms with Gasteiger partial charge in [0.15, 0.2) is 6.04 Å². The van der Waals surface area contributed by atoms with Crippen molar-refractivity contribution in [2.75, 3.05) is 19.0 Å². The third kappa shape index (κ3) is 11.3. The highest BCUT2D eigenvalue weighted by molar-refractivity contribution is 7.98. The smallest absolute Gasteiger partial charge is 0.333 e. The molecule has 0 aliphatic carbocycles. The number of nitrogens with one attached hydrogen (secondary N) is 2. The molecule has 0 aliphatic heterocycles. The minimum absolute atomic E-state index is 0. The fourth-order valence-corrected chi connectivity index (χ4v) is 4.38. The van der Waals surface area contributed by atoms with Crippen LogP contribution in [-0.2, 0) is 34.4 Å². The largest absolute Gasteiger partial charge is 0.465 e. The van der Waals surface area contributed by atoms with E-state index in [9.17, 15) is 19.2 Å². The lowest BCUT2D eigenvalue weighted by Gasteiger charge is -2.23. The van der Waals surface area contributed by atoms with E-state index in [1.165, 1.54) is 11.8 Å². The Bertz CT molecular complexity index is 1010. The molecule has 10 nitrogen and oxygen atoms in total. The molecule has 0 heterocycles. The summed E-state index contributed by atoms with van der Waals surface area (Å²) >= 11 is 1.47. The maximum absolute atomic E-state index is 13.3. The molecule has 3 atom stereocenters. The summed E-state index contributed by atoms with van der Waals surface area (Å²) in [4.78, 5) is 50.3. The Labute approximate surface area is 227 Å². The van der Waals surface area contributed by atoms with Crippen LogP contribution in [0, 0.1) is 0 Å². The molecule has 38 heavy (non-hydrogen) atoms. The SMILES string of the molecule is CCOC(=O)[C@@H](N)CCC(=O)N[C@@H](CSCc1ccccc1)C(=O)N[C@@H](C(=O)OCC)c1ccccc1.O. The van der Waals surface area contributed by atoms with Crippen molar-refractivity contribution in [1.82, 2.24) is 10.6 Å². The molecule has 0 saturated carbocycles. The Kier molecular flexibility index (Phi) is 15.4. The van der Waals surface area contributed by atoms with E-state index in [2.05, 4.69) is 10.6 Å². The van der Waals surface area contributed by atoms with Gasteiger partial charge in [-0.2, -0.15) is 11.8 Å². The van der Waals surface area contributed by atoms with E-state index in [4.69, 9.17) is 15.2 Å². The first kappa shape index (κ1) is 32.6. The zero-order valence-corrected chi connectivity index (χ0v) is 22.5. The minimum atomic E-state index is -1.02. The number of nitrogens with two attached hydrogens (primary N) is 1. The summed E-state index contributed by atoms with van der Waals surface area (Å²) in [5.41, 5.74) is 7.43. The molecule has 2 aromatic carbocycles. The van der Waals surface area contributed by atoms with Crippen LogP contribution < -0.4 is 16.4 Å². The monoisotopic (exact) mass is 547 g/mol. The van der Waals surface area contributed by atoms with Gasteiger partial charge in [-0.15, -0.1) is 0 Å². The highest BCUT2D eigenvalue weighted by Crippen LogP contribution is 2.17. The Morgan fingerprint density at radius 2 is 1.45 bits per heavy atom. The molecule has 0 aliphatic rings. The molecule has 2 amide bonds. The second-order valence-electron chi connectivity index (χ2n) is 8.12. The number of thioether (sulfide) groups is 1. The summed E-state index contributed by atoms with van der Waals surface area (Å²) in [5, 5.41) is 5.46. The van der Waals surface area contributed by atoms with Gasteiger partial charge in [0.25, 0.3) is 0 Å². The van der Waals surface area contributed by atoms with Gasteiger partial charge in [0.2, 0.25) is 11.8 Å². The fourth-order valence-electron chi connectivity index (χ4n) is 3.36. The van der Waals surface area contributed by atoms with Crippen molar-refractivity contribution >= 4 is 35.5 Å². The Hall–Kier alpha value is -3.41. The number of hydrogen-bond donors (Lipinski definition) is 3. The number of hydrogen-bond acceptors (Lipinski definition) is 8. The molecule has 6 N–H and O–H groups in total. The van der Waals surface area contributed by atoms with Crippen molar-refractivity contribution in [2.45, 2.75) is 50.6 Å². The number of rotatable bonds is 15. The van der Waals surface area contributed by atoms with Crippen molar-refractivity contribution in [3.63, 3.8) is 0 Å². The maximum atomic E-state index is 13.3. The van der Waals surface area contributed by atoms with E-state index in [-0.39, 0.29) is 37.3 Å². The van der Waals surface area contributed by atoms with Crippen LogP contribution in [0.25, 0.3) is 0 Å². The van der Waals surface area contributed by atoms with Gasteiger partial charge >= 0.3 is 11.9 Å². The molecule has 2 rings (SSSR count). The van der Waals surface area contributed by atoms with Gasteiger partial charge < -0.3 is 31.3 Å². The fraction of sp³-hybridized carbons (Fsp3) is 0.407. The molecule has 208 valence electrons. The molecule has 0 radical (unpaired) electrons. The zero-order valence-electron chi connectivity index (χ0n) is 21.7. The van der Waals surface area contributed by atoms with Crippen molar-refractivity contribution in [1.29, 1.82) is 0 Å². The van der Waals surface area contributed by atoms with Gasteiger partial charge in [0.1, 0.15) is 12.1 Å². The summed E-state index contributed by atoms with van der Waals surface area (Å²) < 4.78 is 10.0. The second kappa shape index (κ2) is 17.9. The maximum Gasteiger partial charge on any atom is 0.333 e. The van der Waals surface area contributed by atoms with Gasteiger partial charge in [0, 0.05) is 17.9 Å². The molecule has 11 heteroatoms. The lowest BCUT2D eigenvalue weighted by Crippen LogP contribution is -2.50. The van der Waals surface area contributed by atoms with E-state index in [1.54, 1.807) is 44.2 Å².